The molecule has 0 spiro atoms. The summed E-state index contributed by atoms with van der Waals surface area (Å²) in [7, 11) is -3.44. The molecule has 32 heavy (non-hydrogen) atoms. The van der Waals surface area contributed by atoms with Crippen LogP contribution in [-0.4, -0.2) is 67.4 Å². The normalized spacial score (nSPS) is 15.0. The summed E-state index contributed by atoms with van der Waals surface area (Å²) in [6, 6.07) is 16.4. The van der Waals surface area contributed by atoms with Crippen molar-refractivity contribution in [3.8, 4) is 0 Å². The Morgan fingerprint density at radius 1 is 0.969 bits per heavy atom. The van der Waals surface area contributed by atoms with Crippen LogP contribution in [0.3, 0.4) is 0 Å². The molecule has 1 heterocycles. The molecule has 7 nitrogen and oxygen atoms in total. The number of benzene rings is 2. The molecule has 2 aromatic carbocycles. The zero-order chi connectivity index (χ0) is 23.1. The molecule has 1 N–H and O–H groups in total. The van der Waals surface area contributed by atoms with Gasteiger partial charge in [0.1, 0.15) is 0 Å². The van der Waals surface area contributed by atoms with E-state index in [0.717, 1.165) is 10.5 Å². The van der Waals surface area contributed by atoms with E-state index in [2.05, 4.69) is 5.32 Å². The third kappa shape index (κ3) is 6.57. The van der Waals surface area contributed by atoms with E-state index in [1.54, 1.807) is 29.2 Å². The molecule has 0 bridgehead atoms. The number of rotatable bonds is 8. The Labute approximate surface area is 194 Å². The van der Waals surface area contributed by atoms with Crippen LogP contribution in [0.2, 0.25) is 0 Å². The minimum absolute atomic E-state index is 0.0420. The van der Waals surface area contributed by atoms with Gasteiger partial charge in [0.15, 0.2) is 0 Å². The minimum Gasteiger partial charge on any atom is -0.353 e. The summed E-state index contributed by atoms with van der Waals surface area (Å²) in [5.41, 5.74) is 1.29. The van der Waals surface area contributed by atoms with E-state index in [4.69, 9.17) is 0 Å². The fourth-order valence-corrected chi connectivity index (χ4v) is 5.86. The van der Waals surface area contributed by atoms with Gasteiger partial charge >= 0.3 is 0 Å². The third-order valence-corrected chi connectivity index (χ3v) is 7.96. The van der Waals surface area contributed by atoms with Gasteiger partial charge in [0.25, 0.3) is 5.91 Å². The molecular weight excluding hydrogens is 446 g/mol. The first kappa shape index (κ1) is 24.3. The molecule has 1 fully saturated rings. The van der Waals surface area contributed by atoms with E-state index in [1.807, 2.05) is 44.2 Å². The molecule has 1 aliphatic heterocycles. The van der Waals surface area contributed by atoms with Crippen LogP contribution in [0.4, 0.5) is 0 Å². The molecule has 0 aromatic heterocycles. The Kier molecular flexibility index (Phi) is 8.33. The Morgan fingerprint density at radius 3 is 2.25 bits per heavy atom. The topological polar surface area (TPSA) is 86.8 Å². The minimum atomic E-state index is -3.44. The molecule has 172 valence electrons. The third-order valence-electron chi connectivity index (χ3n) is 5.04. The Bertz CT molecular complexity index is 1030. The number of sulfonamides is 1. The van der Waals surface area contributed by atoms with Gasteiger partial charge in [0.2, 0.25) is 15.9 Å². The van der Waals surface area contributed by atoms with Crippen LogP contribution in [0.1, 0.15) is 29.8 Å². The summed E-state index contributed by atoms with van der Waals surface area (Å²) >= 11 is 1.33. The molecule has 0 radical (unpaired) electrons. The number of amides is 2. The second-order valence-electron chi connectivity index (χ2n) is 7.94. The zero-order valence-electron chi connectivity index (χ0n) is 18.4. The van der Waals surface area contributed by atoms with Gasteiger partial charge in [-0.05, 0) is 31.5 Å². The van der Waals surface area contributed by atoms with Crippen molar-refractivity contribution in [2.75, 3.05) is 31.9 Å². The van der Waals surface area contributed by atoms with Gasteiger partial charge < -0.3 is 10.2 Å². The van der Waals surface area contributed by atoms with Gasteiger partial charge in [-0.2, -0.15) is 4.31 Å². The molecule has 1 saturated heterocycles. The summed E-state index contributed by atoms with van der Waals surface area (Å²) in [5, 5.41) is 2.84. The van der Waals surface area contributed by atoms with Crippen molar-refractivity contribution >= 4 is 33.6 Å². The van der Waals surface area contributed by atoms with Crippen LogP contribution in [-0.2, 0) is 20.6 Å². The van der Waals surface area contributed by atoms with E-state index in [0.29, 0.717) is 18.7 Å². The van der Waals surface area contributed by atoms with E-state index in [9.17, 15) is 18.0 Å². The molecule has 0 aliphatic carbocycles. The van der Waals surface area contributed by atoms with Gasteiger partial charge in [-0.25, -0.2) is 8.42 Å². The number of nitrogens with zero attached hydrogens (tertiary/aromatic N) is 2. The van der Waals surface area contributed by atoms with Crippen LogP contribution in [0.25, 0.3) is 0 Å². The van der Waals surface area contributed by atoms with Crippen molar-refractivity contribution in [1.82, 2.24) is 14.5 Å². The number of hydrogen-bond donors (Lipinski definition) is 1. The predicted octanol–water partition coefficient (Wildman–Crippen LogP) is 2.59. The number of carbonyl (C=O) groups excluding carboxylic acids is 2. The van der Waals surface area contributed by atoms with Crippen LogP contribution in [0, 0.1) is 0 Å². The molecule has 2 aromatic rings. The highest BCUT2D eigenvalue weighted by Gasteiger charge is 2.30. The SMILES string of the molecule is CC(C)NC(=O)CSc1ccccc1C(=O)N1CCN(S(=O)(=O)Cc2ccccc2)CC1. The van der Waals surface area contributed by atoms with Crippen LogP contribution in [0.15, 0.2) is 59.5 Å². The maximum absolute atomic E-state index is 13.1. The first-order valence-electron chi connectivity index (χ1n) is 10.6. The molecule has 0 saturated carbocycles. The molecular formula is C23H29N3O4S2. The van der Waals surface area contributed by atoms with Gasteiger partial charge in [0, 0.05) is 37.1 Å². The molecule has 0 unspecified atom stereocenters. The first-order chi connectivity index (χ1) is 15.3. The van der Waals surface area contributed by atoms with Gasteiger partial charge in [-0.15, -0.1) is 11.8 Å². The van der Waals surface area contributed by atoms with E-state index in [-0.39, 0.29) is 42.5 Å². The average Bonchev–Trinajstić information content (AvgIpc) is 2.77. The Balaban J connectivity index is 1.60. The summed E-state index contributed by atoms with van der Waals surface area (Å²) in [6.07, 6.45) is 0. The van der Waals surface area contributed by atoms with Crippen molar-refractivity contribution < 1.29 is 18.0 Å². The molecule has 0 atom stereocenters. The van der Waals surface area contributed by atoms with Crippen molar-refractivity contribution in [3.63, 3.8) is 0 Å². The second kappa shape index (κ2) is 11.0. The molecule has 3 rings (SSSR count). The van der Waals surface area contributed by atoms with Crippen molar-refractivity contribution in [3.05, 3.63) is 65.7 Å². The average molecular weight is 476 g/mol. The van der Waals surface area contributed by atoms with Gasteiger partial charge in [-0.1, -0.05) is 42.5 Å². The first-order valence-corrected chi connectivity index (χ1v) is 13.2. The summed E-state index contributed by atoms with van der Waals surface area (Å²) in [4.78, 5) is 27.5. The Hall–Kier alpha value is -2.36. The zero-order valence-corrected chi connectivity index (χ0v) is 20.0. The lowest BCUT2D eigenvalue weighted by atomic mass is 10.2. The maximum Gasteiger partial charge on any atom is 0.255 e. The quantitative estimate of drug-likeness (QED) is 0.593. The van der Waals surface area contributed by atoms with Crippen LogP contribution in [0.5, 0.6) is 0 Å². The molecule has 2 amide bonds. The lowest BCUT2D eigenvalue weighted by molar-refractivity contribution is -0.119. The number of piperazine rings is 1. The van der Waals surface area contributed by atoms with Crippen molar-refractivity contribution in [1.29, 1.82) is 0 Å². The smallest absolute Gasteiger partial charge is 0.255 e. The number of thioether (sulfide) groups is 1. The van der Waals surface area contributed by atoms with Crippen molar-refractivity contribution in [2.24, 2.45) is 0 Å². The Morgan fingerprint density at radius 2 is 1.59 bits per heavy atom. The second-order valence-corrected chi connectivity index (χ2v) is 10.9. The highest BCUT2D eigenvalue weighted by molar-refractivity contribution is 8.00. The number of nitrogens with one attached hydrogen (secondary N) is 1. The van der Waals surface area contributed by atoms with E-state index < -0.39 is 10.0 Å². The van der Waals surface area contributed by atoms with Crippen LogP contribution < -0.4 is 5.32 Å². The highest BCUT2D eigenvalue weighted by atomic mass is 32.2. The lowest BCUT2D eigenvalue weighted by Gasteiger charge is -2.34. The number of carbonyl (C=O) groups is 2. The lowest BCUT2D eigenvalue weighted by Crippen LogP contribution is -2.50. The van der Waals surface area contributed by atoms with Gasteiger partial charge in [-0.3, -0.25) is 9.59 Å². The molecule has 9 heteroatoms. The highest BCUT2D eigenvalue weighted by Crippen LogP contribution is 2.25. The summed E-state index contributed by atoms with van der Waals surface area (Å²) < 4.78 is 27.0. The number of hydrogen-bond acceptors (Lipinski definition) is 5. The molecule has 1 aliphatic rings. The fourth-order valence-electron chi connectivity index (χ4n) is 3.49. The van der Waals surface area contributed by atoms with Gasteiger partial charge in [0.05, 0.1) is 17.1 Å². The summed E-state index contributed by atoms with van der Waals surface area (Å²) in [6.45, 7) is 5.01. The largest absolute Gasteiger partial charge is 0.353 e. The van der Waals surface area contributed by atoms with E-state index >= 15 is 0 Å². The fraction of sp³-hybridized carbons (Fsp3) is 0.391. The van der Waals surface area contributed by atoms with Crippen LogP contribution >= 0.6 is 11.8 Å². The summed E-state index contributed by atoms with van der Waals surface area (Å²) in [5.74, 6) is -0.0322. The maximum atomic E-state index is 13.1. The van der Waals surface area contributed by atoms with Crippen molar-refractivity contribution in [2.45, 2.75) is 30.5 Å². The standard InChI is InChI=1S/C23H29N3O4S2/c1-18(2)24-22(27)16-31-21-11-7-6-10-20(21)23(28)25-12-14-26(15-13-25)32(29,30)17-19-8-4-3-5-9-19/h3-11,18H,12-17H2,1-2H3,(H,24,27). The monoisotopic (exact) mass is 475 g/mol. The van der Waals surface area contributed by atoms with E-state index in [1.165, 1.54) is 16.1 Å². The predicted molar refractivity (Wildman–Crippen MR) is 127 cm³/mol.